The van der Waals surface area contributed by atoms with Crippen LogP contribution in [0.2, 0.25) is 0 Å². The van der Waals surface area contributed by atoms with Crippen molar-refractivity contribution in [1.29, 1.82) is 0 Å². The Morgan fingerprint density at radius 2 is 1.74 bits per heavy atom. The lowest BCUT2D eigenvalue weighted by atomic mass is 10.0. The zero-order chi connectivity index (χ0) is 27.0. The van der Waals surface area contributed by atoms with Gasteiger partial charge in [0.2, 0.25) is 0 Å². The van der Waals surface area contributed by atoms with Crippen LogP contribution in [0.3, 0.4) is 0 Å². The van der Waals surface area contributed by atoms with E-state index in [1.165, 1.54) is 0 Å². The Balaban J connectivity index is 1.38. The highest BCUT2D eigenvalue weighted by Gasteiger charge is 2.14. The minimum atomic E-state index is -0.0608. The van der Waals surface area contributed by atoms with Crippen molar-refractivity contribution in [2.24, 2.45) is 0 Å². The first kappa shape index (κ1) is 25.8. The normalized spacial score (nSPS) is 11.0. The molecule has 11 nitrogen and oxygen atoms in total. The second-order valence-electron chi connectivity index (χ2n) is 8.94. The second kappa shape index (κ2) is 12.2. The minimum absolute atomic E-state index is 0.0608. The molecule has 0 aliphatic heterocycles. The van der Waals surface area contributed by atoms with Crippen LogP contribution in [0.1, 0.15) is 49.6 Å². The molecule has 0 saturated heterocycles. The quantitative estimate of drug-likeness (QED) is 0.256. The van der Waals surface area contributed by atoms with Gasteiger partial charge in [-0.1, -0.05) is 37.6 Å². The smallest absolute Gasteiger partial charge is 0.257 e. The van der Waals surface area contributed by atoms with Gasteiger partial charge in [0.1, 0.15) is 18.0 Å². The number of hydrogen-bond donors (Lipinski definition) is 0. The van der Waals surface area contributed by atoms with Crippen molar-refractivity contribution in [1.82, 2.24) is 44.7 Å². The molecule has 0 aliphatic carbocycles. The Morgan fingerprint density at radius 3 is 2.46 bits per heavy atom. The van der Waals surface area contributed by atoms with Gasteiger partial charge in [0.15, 0.2) is 5.75 Å². The van der Waals surface area contributed by atoms with E-state index in [0.29, 0.717) is 49.0 Å². The lowest BCUT2D eigenvalue weighted by Gasteiger charge is -2.13. The third-order valence-corrected chi connectivity index (χ3v) is 6.25. The average molecular weight is 524 g/mol. The maximum Gasteiger partial charge on any atom is 0.257 e. The van der Waals surface area contributed by atoms with Crippen LogP contribution >= 0.6 is 0 Å². The predicted molar refractivity (Wildman–Crippen MR) is 145 cm³/mol. The third kappa shape index (κ3) is 6.03. The highest BCUT2D eigenvalue weighted by Crippen LogP contribution is 2.25. The fraction of sp³-hybridized carbons (Fsp3) is 0.286. The van der Waals surface area contributed by atoms with Crippen molar-refractivity contribution in [3.63, 3.8) is 0 Å². The van der Waals surface area contributed by atoms with Crippen molar-refractivity contribution in [2.75, 3.05) is 6.61 Å². The summed E-state index contributed by atoms with van der Waals surface area (Å²) in [6.45, 7) is 5.14. The SMILES string of the molecule is CCCCn1c(Cc2ncc(OCC)cn2)ncc(Cc2ccc(-c3ccccc3-n3cnnn3)cn2)c1=O. The van der Waals surface area contributed by atoms with Gasteiger partial charge in [-0.05, 0) is 35.9 Å². The van der Waals surface area contributed by atoms with Gasteiger partial charge >= 0.3 is 0 Å². The number of benzene rings is 1. The van der Waals surface area contributed by atoms with Crippen LogP contribution in [-0.2, 0) is 19.4 Å². The maximum absolute atomic E-state index is 13.5. The molecule has 198 valence electrons. The molecule has 5 aromatic rings. The molecule has 0 N–H and O–H groups in total. The van der Waals surface area contributed by atoms with E-state index in [-0.39, 0.29) is 5.56 Å². The first-order chi connectivity index (χ1) is 19.2. The van der Waals surface area contributed by atoms with Crippen LogP contribution in [0.25, 0.3) is 16.8 Å². The molecule has 11 heteroatoms. The van der Waals surface area contributed by atoms with E-state index in [0.717, 1.165) is 35.3 Å². The fourth-order valence-corrected chi connectivity index (χ4v) is 4.27. The van der Waals surface area contributed by atoms with Crippen molar-refractivity contribution in [3.8, 4) is 22.6 Å². The van der Waals surface area contributed by atoms with E-state index in [1.807, 2.05) is 43.3 Å². The third-order valence-electron chi connectivity index (χ3n) is 6.25. The number of aromatic nitrogens is 9. The number of pyridine rings is 1. The number of nitrogens with zero attached hydrogens (tertiary/aromatic N) is 9. The first-order valence-corrected chi connectivity index (χ1v) is 12.9. The van der Waals surface area contributed by atoms with Crippen molar-refractivity contribution in [3.05, 3.63) is 101 Å². The number of ether oxygens (including phenoxy) is 1. The van der Waals surface area contributed by atoms with Gasteiger partial charge in [-0.25, -0.2) is 15.0 Å². The Bertz CT molecular complexity index is 1560. The molecular weight excluding hydrogens is 494 g/mol. The van der Waals surface area contributed by atoms with Crippen LogP contribution in [0.5, 0.6) is 5.75 Å². The fourth-order valence-electron chi connectivity index (χ4n) is 4.27. The van der Waals surface area contributed by atoms with Crippen molar-refractivity contribution >= 4 is 0 Å². The maximum atomic E-state index is 13.5. The summed E-state index contributed by atoms with van der Waals surface area (Å²) in [4.78, 5) is 31.6. The molecule has 0 atom stereocenters. The van der Waals surface area contributed by atoms with Crippen molar-refractivity contribution < 1.29 is 4.74 Å². The summed E-state index contributed by atoms with van der Waals surface area (Å²) in [5, 5.41) is 11.5. The monoisotopic (exact) mass is 523 g/mol. The van der Waals surface area contributed by atoms with Crippen LogP contribution in [-0.4, -0.2) is 51.3 Å². The molecule has 0 amide bonds. The van der Waals surface area contributed by atoms with Crippen LogP contribution in [0.4, 0.5) is 0 Å². The summed E-state index contributed by atoms with van der Waals surface area (Å²) in [6.07, 6.45) is 10.9. The van der Waals surface area contributed by atoms with Crippen LogP contribution < -0.4 is 10.3 Å². The van der Waals surface area contributed by atoms with Gasteiger partial charge in [0, 0.05) is 47.7 Å². The summed E-state index contributed by atoms with van der Waals surface area (Å²) >= 11 is 0. The van der Waals surface area contributed by atoms with E-state index in [1.54, 1.807) is 40.4 Å². The van der Waals surface area contributed by atoms with Gasteiger partial charge in [-0.15, -0.1) is 5.10 Å². The van der Waals surface area contributed by atoms with Gasteiger partial charge in [0.05, 0.1) is 31.1 Å². The molecule has 4 aromatic heterocycles. The summed E-state index contributed by atoms with van der Waals surface area (Å²) in [7, 11) is 0. The molecule has 0 aliphatic rings. The molecule has 0 bridgehead atoms. The molecule has 5 rings (SSSR count). The van der Waals surface area contributed by atoms with E-state index in [9.17, 15) is 4.79 Å². The number of tetrazole rings is 1. The summed E-state index contributed by atoms with van der Waals surface area (Å²) in [6, 6.07) is 11.8. The van der Waals surface area contributed by atoms with Crippen molar-refractivity contribution in [2.45, 2.75) is 46.1 Å². The van der Waals surface area contributed by atoms with Gasteiger partial charge in [-0.3, -0.25) is 14.3 Å². The Morgan fingerprint density at radius 1 is 0.897 bits per heavy atom. The largest absolute Gasteiger partial charge is 0.491 e. The van der Waals surface area contributed by atoms with Crippen LogP contribution in [0.15, 0.2) is 72.3 Å². The lowest BCUT2D eigenvalue weighted by molar-refractivity contribution is 0.337. The van der Waals surface area contributed by atoms with E-state index in [4.69, 9.17) is 4.74 Å². The highest BCUT2D eigenvalue weighted by molar-refractivity contribution is 5.72. The topological polar surface area (TPSA) is 126 Å². The number of hydrogen-bond acceptors (Lipinski definition) is 9. The summed E-state index contributed by atoms with van der Waals surface area (Å²) in [5.74, 6) is 1.84. The van der Waals surface area contributed by atoms with E-state index >= 15 is 0 Å². The predicted octanol–water partition coefficient (Wildman–Crippen LogP) is 3.45. The molecule has 0 fully saturated rings. The lowest BCUT2D eigenvalue weighted by Crippen LogP contribution is -2.29. The Labute approximate surface area is 225 Å². The number of rotatable bonds is 11. The summed E-state index contributed by atoms with van der Waals surface area (Å²) < 4.78 is 8.79. The van der Waals surface area contributed by atoms with Gasteiger partial charge < -0.3 is 4.74 Å². The van der Waals surface area contributed by atoms with Crippen LogP contribution in [0, 0.1) is 0 Å². The summed E-state index contributed by atoms with van der Waals surface area (Å²) in [5.41, 5.74) is 4.04. The number of para-hydroxylation sites is 1. The molecular formula is C28H29N9O2. The molecule has 4 heterocycles. The van der Waals surface area contributed by atoms with E-state index < -0.39 is 0 Å². The average Bonchev–Trinajstić information content (AvgIpc) is 3.51. The Kier molecular flexibility index (Phi) is 8.06. The van der Waals surface area contributed by atoms with Gasteiger partial charge in [0.25, 0.3) is 5.56 Å². The molecule has 39 heavy (non-hydrogen) atoms. The standard InChI is InChI=1S/C28H29N9O2/c1-3-5-12-36-27(14-26-30-17-23(18-31-26)39-4-2)32-16-21(28(36)38)13-22-11-10-20(15-29-22)24-8-6-7-9-25(24)37-19-33-34-35-37/h6-11,15-19H,3-5,12-14H2,1-2H3. The molecule has 0 spiro atoms. The molecule has 0 unspecified atom stereocenters. The second-order valence-corrected chi connectivity index (χ2v) is 8.94. The zero-order valence-corrected chi connectivity index (χ0v) is 21.9. The minimum Gasteiger partial charge on any atom is -0.491 e. The first-order valence-electron chi connectivity index (χ1n) is 12.9. The highest BCUT2D eigenvalue weighted by atomic mass is 16.5. The molecule has 0 saturated carbocycles. The Hall–Kier alpha value is -4.80. The van der Waals surface area contributed by atoms with Gasteiger partial charge in [-0.2, -0.15) is 4.68 Å². The van der Waals surface area contributed by atoms with E-state index in [2.05, 4.69) is 42.4 Å². The number of unbranched alkanes of at least 4 members (excludes halogenated alkanes) is 1. The molecule has 0 radical (unpaired) electrons. The zero-order valence-electron chi connectivity index (χ0n) is 21.9. The molecule has 1 aromatic carbocycles.